The molecule has 0 bridgehead atoms. The summed E-state index contributed by atoms with van der Waals surface area (Å²) in [5.74, 6) is 0.574. The molecule has 0 N–H and O–H groups in total. The minimum atomic E-state index is -0.0469. The highest BCUT2D eigenvalue weighted by molar-refractivity contribution is 5.98. The Morgan fingerprint density at radius 1 is 0.889 bits per heavy atom. The number of hydrogen-bond acceptors (Lipinski definition) is 3. The van der Waals surface area contributed by atoms with Crippen molar-refractivity contribution in [2.45, 2.75) is 20.8 Å². The molecular weight excluding hydrogens is 342 g/mol. The van der Waals surface area contributed by atoms with Gasteiger partial charge < -0.3 is 19.1 Å². The molecule has 3 rings (SSSR count). The summed E-state index contributed by atoms with van der Waals surface area (Å²) in [7, 11) is 3.54. The Morgan fingerprint density at radius 2 is 1.44 bits per heavy atom. The molecule has 1 aromatic carbocycles. The number of carbonyl (C=O) groups excluding carboxylic acids is 2. The zero-order valence-corrected chi connectivity index (χ0v) is 16.7. The van der Waals surface area contributed by atoms with Crippen LogP contribution >= 0.6 is 0 Å². The van der Waals surface area contributed by atoms with Crippen molar-refractivity contribution in [2.75, 3.05) is 33.3 Å². The lowest BCUT2D eigenvalue weighted by Crippen LogP contribution is -2.50. The second-order valence-electron chi connectivity index (χ2n) is 7.13. The third-order valence-electron chi connectivity index (χ3n) is 5.45. The summed E-state index contributed by atoms with van der Waals surface area (Å²) >= 11 is 0. The second-order valence-corrected chi connectivity index (χ2v) is 7.13. The molecule has 0 radical (unpaired) electrons. The molecule has 144 valence electrons. The van der Waals surface area contributed by atoms with Crippen molar-refractivity contribution in [1.82, 2.24) is 14.4 Å². The molecular formula is C21H27N3O3. The van der Waals surface area contributed by atoms with Crippen molar-refractivity contribution in [3.63, 3.8) is 0 Å². The van der Waals surface area contributed by atoms with Gasteiger partial charge in [-0.3, -0.25) is 9.59 Å². The summed E-state index contributed by atoms with van der Waals surface area (Å²) in [4.78, 5) is 29.4. The van der Waals surface area contributed by atoms with E-state index in [0.29, 0.717) is 37.5 Å². The summed E-state index contributed by atoms with van der Waals surface area (Å²) < 4.78 is 7.37. The normalized spacial score (nSPS) is 14.4. The highest BCUT2D eigenvalue weighted by Crippen LogP contribution is 2.23. The molecule has 0 atom stereocenters. The fourth-order valence-corrected chi connectivity index (χ4v) is 3.51. The van der Waals surface area contributed by atoms with E-state index >= 15 is 0 Å². The number of aromatic nitrogens is 1. The molecule has 2 aromatic rings. The predicted molar refractivity (Wildman–Crippen MR) is 104 cm³/mol. The van der Waals surface area contributed by atoms with Gasteiger partial charge >= 0.3 is 0 Å². The summed E-state index contributed by atoms with van der Waals surface area (Å²) in [6.45, 7) is 8.02. The number of hydrogen-bond donors (Lipinski definition) is 0. The Morgan fingerprint density at radius 3 is 1.93 bits per heavy atom. The van der Waals surface area contributed by atoms with Crippen molar-refractivity contribution < 1.29 is 14.3 Å². The van der Waals surface area contributed by atoms with Crippen molar-refractivity contribution in [2.24, 2.45) is 7.05 Å². The van der Waals surface area contributed by atoms with E-state index < -0.39 is 0 Å². The number of methoxy groups -OCH3 is 1. The van der Waals surface area contributed by atoms with Crippen LogP contribution in [-0.4, -0.2) is 59.5 Å². The molecule has 0 spiro atoms. The van der Waals surface area contributed by atoms with Crippen LogP contribution in [0.3, 0.4) is 0 Å². The molecule has 1 aliphatic rings. The minimum Gasteiger partial charge on any atom is -0.496 e. The predicted octanol–water partition coefficient (Wildman–Crippen LogP) is 2.56. The van der Waals surface area contributed by atoms with Gasteiger partial charge in [-0.25, -0.2) is 0 Å². The van der Waals surface area contributed by atoms with E-state index in [1.54, 1.807) is 12.0 Å². The summed E-state index contributed by atoms with van der Waals surface area (Å²) in [5.41, 5.74) is 4.38. The van der Waals surface area contributed by atoms with Gasteiger partial charge in [0.05, 0.1) is 18.2 Å². The fourth-order valence-electron chi connectivity index (χ4n) is 3.51. The van der Waals surface area contributed by atoms with Crippen LogP contribution in [0, 0.1) is 20.8 Å². The first-order valence-electron chi connectivity index (χ1n) is 9.19. The Bertz CT molecular complexity index is 877. The summed E-state index contributed by atoms with van der Waals surface area (Å²) in [6, 6.07) is 7.54. The molecule has 0 unspecified atom stereocenters. The molecule has 0 saturated carbocycles. The van der Waals surface area contributed by atoms with Gasteiger partial charge in [-0.05, 0) is 39.0 Å². The van der Waals surface area contributed by atoms with E-state index in [0.717, 1.165) is 22.5 Å². The molecule has 2 heterocycles. The zero-order chi connectivity index (χ0) is 19.7. The Hall–Kier alpha value is -2.76. The standard InChI is InChI=1S/C21H27N3O3/c1-14-6-7-19(27-5)18(12-14)21(26)24-10-8-23(9-11-24)20(25)17-13-15(2)22(4)16(17)3/h6-7,12-13H,8-11H2,1-5H3. The molecule has 27 heavy (non-hydrogen) atoms. The van der Waals surface area contributed by atoms with Gasteiger partial charge in [-0.1, -0.05) is 11.6 Å². The molecule has 0 aliphatic carbocycles. The van der Waals surface area contributed by atoms with Crippen molar-refractivity contribution in [1.29, 1.82) is 0 Å². The zero-order valence-electron chi connectivity index (χ0n) is 16.7. The van der Waals surface area contributed by atoms with Crippen molar-refractivity contribution in [3.05, 3.63) is 52.3 Å². The van der Waals surface area contributed by atoms with Crippen LogP contribution in [-0.2, 0) is 7.05 Å². The molecule has 6 nitrogen and oxygen atoms in total. The highest BCUT2D eigenvalue weighted by Gasteiger charge is 2.28. The largest absolute Gasteiger partial charge is 0.496 e. The molecule has 6 heteroatoms. The maximum Gasteiger partial charge on any atom is 0.257 e. The third-order valence-corrected chi connectivity index (χ3v) is 5.45. The lowest BCUT2D eigenvalue weighted by atomic mass is 10.1. The van der Waals surface area contributed by atoms with E-state index in [4.69, 9.17) is 4.74 Å². The summed E-state index contributed by atoms with van der Waals surface area (Å²) in [5, 5.41) is 0. The average molecular weight is 369 g/mol. The van der Waals surface area contributed by atoms with E-state index in [1.807, 2.05) is 61.6 Å². The van der Waals surface area contributed by atoms with Gasteiger partial charge in [0, 0.05) is 44.6 Å². The lowest BCUT2D eigenvalue weighted by Gasteiger charge is -2.35. The first kappa shape index (κ1) is 19.0. The number of benzene rings is 1. The van der Waals surface area contributed by atoms with Gasteiger partial charge in [-0.2, -0.15) is 0 Å². The fraction of sp³-hybridized carbons (Fsp3) is 0.429. The van der Waals surface area contributed by atoms with Crippen LogP contribution in [0.5, 0.6) is 5.75 Å². The minimum absolute atomic E-state index is 0.0384. The van der Waals surface area contributed by atoms with Gasteiger partial charge in [-0.15, -0.1) is 0 Å². The number of carbonyl (C=O) groups is 2. The van der Waals surface area contributed by atoms with E-state index in [1.165, 1.54) is 0 Å². The van der Waals surface area contributed by atoms with Crippen molar-refractivity contribution >= 4 is 11.8 Å². The lowest BCUT2D eigenvalue weighted by molar-refractivity contribution is 0.0533. The number of rotatable bonds is 3. The first-order valence-corrected chi connectivity index (χ1v) is 9.19. The van der Waals surface area contributed by atoms with E-state index in [9.17, 15) is 9.59 Å². The van der Waals surface area contributed by atoms with Crippen LogP contribution < -0.4 is 4.74 Å². The number of nitrogens with zero attached hydrogens (tertiary/aromatic N) is 3. The van der Waals surface area contributed by atoms with Gasteiger partial charge in [0.1, 0.15) is 5.75 Å². The van der Waals surface area contributed by atoms with Crippen LogP contribution in [0.15, 0.2) is 24.3 Å². The number of ether oxygens (including phenoxy) is 1. The SMILES string of the molecule is COc1ccc(C)cc1C(=O)N1CCN(C(=O)c2cc(C)n(C)c2C)CC1. The molecule has 1 saturated heterocycles. The molecule has 2 amide bonds. The van der Waals surface area contributed by atoms with Gasteiger partial charge in [0.2, 0.25) is 0 Å². The van der Waals surface area contributed by atoms with Gasteiger partial charge in [0.25, 0.3) is 11.8 Å². The molecule has 1 fully saturated rings. The van der Waals surface area contributed by atoms with Crippen LogP contribution in [0.25, 0.3) is 0 Å². The smallest absolute Gasteiger partial charge is 0.257 e. The third kappa shape index (κ3) is 3.56. The van der Waals surface area contributed by atoms with Crippen LogP contribution in [0.4, 0.5) is 0 Å². The number of piperazine rings is 1. The van der Waals surface area contributed by atoms with E-state index in [-0.39, 0.29) is 11.8 Å². The number of aryl methyl sites for hydroxylation is 2. The Kier molecular flexibility index (Phi) is 5.26. The Labute approximate surface area is 160 Å². The molecule has 1 aromatic heterocycles. The summed E-state index contributed by atoms with van der Waals surface area (Å²) in [6.07, 6.45) is 0. The monoisotopic (exact) mass is 369 g/mol. The van der Waals surface area contributed by atoms with E-state index in [2.05, 4.69) is 0 Å². The maximum atomic E-state index is 12.9. The molecule has 1 aliphatic heterocycles. The highest BCUT2D eigenvalue weighted by atomic mass is 16.5. The average Bonchev–Trinajstić information content (AvgIpc) is 2.94. The second kappa shape index (κ2) is 7.47. The number of amides is 2. The van der Waals surface area contributed by atoms with Gasteiger partial charge in [0.15, 0.2) is 0 Å². The van der Waals surface area contributed by atoms with Crippen LogP contribution in [0.2, 0.25) is 0 Å². The topological polar surface area (TPSA) is 54.8 Å². The Balaban J connectivity index is 1.70. The van der Waals surface area contributed by atoms with Crippen molar-refractivity contribution in [3.8, 4) is 5.75 Å². The quantitative estimate of drug-likeness (QED) is 0.836. The maximum absolute atomic E-state index is 12.9. The van der Waals surface area contributed by atoms with Crippen LogP contribution in [0.1, 0.15) is 37.7 Å². The first-order chi connectivity index (χ1) is 12.8.